The Morgan fingerprint density at radius 2 is 1.81 bits per heavy atom. The second-order valence-electron chi connectivity index (χ2n) is 8.40. The molecule has 0 saturated heterocycles. The number of ether oxygens (including phenoxy) is 2. The number of aliphatic hydroxyl groups is 1. The Morgan fingerprint density at radius 1 is 1.06 bits per heavy atom. The summed E-state index contributed by atoms with van der Waals surface area (Å²) in [5.74, 6) is -0.989. The van der Waals surface area contributed by atoms with Gasteiger partial charge in [0.25, 0.3) is 5.56 Å². The number of hydrogen-bond donors (Lipinski definition) is 3. The number of fused-ring (bicyclic) bond motifs is 1. The maximum absolute atomic E-state index is 13.5. The minimum Gasteiger partial charge on any atom is -0.506 e. The molecule has 0 amide bonds. The van der Waals surface area contributed by atoms with Gasteiger partial charge in [0.05, 0.1) is 33.1 Å². The van der Waals surface area contributed by atoms with Gasteiger partial charge in [-0.25, -0.2) is 4.79 Å². The Hall–Kier alpha value is -4.24. The molecule has 0 atom stereocenters. The van der Waals surface area contributed by atoms with Crippen molar-refractivity contribution < 1.29 is 29.6 Å². The van der Waals surface area contributed by atoms with Crippen molar-refractivity contribution >= 4 is 16.9 Å². The molecule has 0 aliphatic heterocycles. The van der Waals surface area contributed by atoms with Gasteiger partial charge in [-0.3, -0.25) is 4.79 Å². The smallest absolute Gasteiger partial charge is 0.345 e. The average molecular weight is 493 g/mol. The number of rotatable bonds is 8. The number of aliphatic hydroxyl groups excluding tert-OH is 1. The van der Waals surface area contributed by atoms with E-state index in [2.05, 4.69) is 0 Å². The summed E-state index contributed by atoms with van der Waals surface area (Å²) in [5.41, 5.74) is 2.14. The molecule has 4 aromatic rings. The molecular formula is C27H28N2O7. The monoisotopic (exact) mass is 492 g/mol. The first-order valence-electron chi connectivity index (χ1n) is 11.4. The second-order valence-corrected chi connectivity index (χ2v) is 8.40. The van der Waals surface area contributed by atoms with Crippen LogP contribution in [0, 0.1) is 0 Å². The standard InChI is InChI=1S/C27H28N2O7/c1-5-20-24(15-7-9-21-17(10-15)11-18(14-30)28(21)2)29(26(32)23(25(20)31)27(33)34)13-16-6-8-19(35-3)12-22(16)36-4/h6-12,30-31H,5,13-14H2,1-4H3,(H,33,34). The summed E-state index contributed by atoms with van der Waals surface area (Å²) in [5, 5.41) is 31.1. The molecule has 2 aromatic heterocycles. The van der Waals surface area contributed by atoms with Crippen LogP contribution in [0.25, 0.3) is 22.2 Å². The van der Waals surface area contributed by atoms with Gasteiger partial charge in [0, 0.05) is 40.8 Å². The molecule has 9 nitrogen and oxygen atoms in total. The Bertz CT molecular complexity index is 1530. The highest BCUT2D eigenvalue weighted by Gasteiger charge is 2.26. The van der Waals surface area contributed by atoms with Gasteiger partial charge in [-0.15, -0.1) is 0 Å². The van der Waals surface area contributed by atoms with Gasteiger partial charge in [0.15, 0.2) is 5.56 Å². The van der Waals surface area contributed by atoms with E-state index in [0.29, 0.717) is 33.9 Å². The van der Waals surface area contributed by atoms with E-state index in [1.54, 1.807) is 25.1 Å². The van der Waals surface area contributed by atoms with Crippen LogP contribution in [0.15, 0.2) is 47.3 Å². The second kappa shape index (κ2) is 9.79. The van der Waals surface area contributed by atoms with E-state index in [4.69, 9.17) is 9.47 Å². The molecule has 36 heavy (non-hydrogen) atoms. The van der Waals surface area contributed by atoms with Crippen molar-refractivity contribution in [2.75, 3.05) is 14.2 Å². The molecule has 188 valence electrons. The molecule has 0 fully saturated rings. The summed E-state index contributed by atoms with van der Waals surface area (Å²) in [4.78, 5) is 25.5. The van der Waals surface area contributed by atoms with E-state index in [1.165, 1.54) is 18.8 Å². The Morgan fingerprint density at radius 3 is 2.42 bits per heavy atom. The third-order valence-electron chi connectivity index (χ3n) is 6.50. The lowest BCUT2D eigenvalue weighted by atomic mass is 9.98. The van der Waals surface area contributed by atoms with Crippen LogP contribution in [0.5, 0.6) is 17.2 Å². The van der Waals surface area contributed by atoms with Crippen LogP contribution < -0.4 is 15.0 Å². The van der Waals surface area contributed by atoms with Crippen molar-refractivity contribution in [2.24, 2.45) is 7.05 Å². The van der Waals surface area contributed by atoms with Crippen LogP contribution in [0.4, 0.5) is 0 Å². The van der Waals surface area contributed by atoms with Crippen LogP contribution in [0.3, 0.4) is 0 Å². The van der Waals surface area contributed by atoms with Gasteiger partial charge in [0.2, 0.25) is 0 Å². The van der Waals surface area contributed by atoms with Crippen LogP contribution in [0.2, 0.25) is 0 Å². The number of carbonyl (C=O) groups is 1. The fourth-order valence-corrected chi connectivity index (χ4v) is 4.63. The maximum Gasteiger partial charge on any atom is 0.345 e. The average Bonchev–Trinajstić information content (AvgIpc) is 3.20. The molecule has 0 saturated carbocycles. The molecule has 0 aliphatic rings. The third-order valence-corrected chi connectivity index (χ3v) is 6.50. The normalized spacial score (nSPS) is 11.1. The molecule has 0 unspecified atom stereocenters. The van der Waals surface area contributed by atoms with Crippen molar-refractivity contribution in [1.82, 2.24) is 9.13 Å². The molecule has 0 aliphatic carbocycles. The van der Waals surface area contributed by atoms with Crippen molar-refractivity contribution in [1.29, 1.82) is 0 Å². The molecule has 2 heterocycles. The highest BCUT2D eigenvalue weighted by molar-refractivity contribution is 5.93. The van der Waals surface area contributed by atoms with Crippen molar-refractivity contribution in [3.8, 4) is 28.5 Å². The summed E-state index contributed by atoms with van der Waals surface area (Å²) < 4.78 is 14.0. The van der Waals surface area contributed by atoms with Gasteiger partial charge in [-0.1, -0.05) is 13.0 Å². The quantitative estimate of drug-likeness (QED) is 0.344. The lowest BCUT2D eigenvalue weighted by Gasteiger charge is -2.21. The molecule has 9 heteroatoms. The van der Waals surface area contributed by atoms with Crippen LogP contribution >= 0.6 is 0 Å². The van der Waals surface area contributed by atoms with Crippen molar-refractivity contribution in [2.45, 2.75) is 26.5 Å². The zero-order valence-electron chi connectivity index (χ0n) is 20.5. The number of nitrogens with zero attached hydrogens (tertiary/aromatic N) is 2. The first-order valence-corrected chi connectivity index (χ1v) is 11.4. The Labute approximate surface area is 207 Å². The summed E-state index contributed by atoms with van der Waals surface area (Å²) in [7, 11) is 4.89. The highest BCUT2D eigenvalue weighted by Crippen LogP contribution is 2.35. The number of methoxy groups -OCH3 is 2. The van der Waals surface area contributed by atoms with E-state index in [-0.39, 0.29) is 19.6 Å². The summed E-state index contributed by atoms with van der Waals surface area (Å²) in [6.45, 7) is 1.66. The number of carboxylic acids is 1. The van der Waals surface area contributed by atoms with E-state index >= 15 is 0 Å². The number of aryl methyl sites for hydroxylation is 1. The fourth-order valence-electron chi connectivity index (χ4n) is 4.63. The summed E-state index contributed by atoms with van der Waals surface area (Å²) >= 11 is 0. The number of pyridine rings is 1. The van der Waals surface area contributed by atoms with E-state index in [0.717, 1.165) is 16.6 Å². The molecule has 0 radical (unpaired) electrons. The van der Waals surface area contributed by atoms with E-state index in [9.17, 15) is 24.9 Å². The predicted molar refractivity (Wildman–Crippen MR) is 135 cm³/mol. The molecule has 0 spiro atoms. The number of benzene rings is 2. The molecule has 4 rings (SSSR count). The minimum atomic E-state index is -1.50. The molecular weight excluding hydrogens is 464 g/mol. The van der Waals surface area contributed by atoms with Gasteiger partial charge in [-0.05, 0) is 42.3 Å². The summed E-state index contributed by atoms with van der Waals surface area (Å²) in [6.07, 6.45) is 0.288. The first kappa shape index (κ1) is 24.9. The van der Waals surface area contributed by atoms with Crippen molar-refractivity contribution in [3.63, 3.8) is 0 Å². The SMILES string of the molecule is CCc1c(O)c(C(=O)O)c(=O)n(Cc2ccc(OC)cc2OC)c1-c1ccc2c(c1)cc(CO)n2C. The zero-order chi connectivity index (χ0) is 26.1. The fraction of sp³-hybridized carbons (Fsp3) is 0.259. The number of aromatic hydroxyl groups is 1. The highest BCUT2D eigenvalue weighted by atomic mass is 16.5. The van der Waals surface area contributed by atoms with Crippen LogP contribution in [0.1, 0.15) is 34.1 Å². The molecule has 2 aromatic carbocycles. The van der Waals surface area contributed by atoms with Crippen molar-refractivity contribution in [3.05, 3.63) is 75.2 Å². The van der Waals surface area contributed by atoms with E-state index in [1.807, 2.05) is 35.9 Å². The topological polar surface area (TPSA) is 123 Å². The summed E-state index contributed by atoms with van der Waals surface area (Å²) in [6, 6.07) is 12.6. The third kappa shape index (κ3) is 4.07. The number of aromatic nitrogens is 2. The Balaban J connectivity index is 2.03. The first-order chi connectivity index (χ1) is 17.2. The van der Waals surface area contributed by atoms with Gasteiger partial charge < -0.3 is 33.9 Å². The van der Waals surface area contributed by atoms with Gasteiger partial charge >= 0.3 is 5.97 Å². The van der Waals surface area contributed by atoms with Gasteiger partial charge in [0.1, 0.15) is 17.2 Å². The predicted octanol–water partition coefficient (Wildman–Crippen LogP) is 3.53. The largest absolute Gasteiger partial charge is 0.506 e. The van der Waals surface area contributed by atoms with Gasteiger partial charge in [-0.2, -0.15) is 0 Å². The minimum absolute atomic E-state index is 0.00358. The van der Waals surface area contributed by atoms with Crippen LogP contribution in [-0.4, -0.2) is 44.6 Å². The number of aromatic carboxylic acids is 1. The van der Waals surface area contributed by atoms with Crippen LogP contribution in [-0.2, 0) is 26.6 Å². The molecule has 3 N–H and O–H groups in total. The lowest BCUT2D eigenvalue weighted by Crippen LogP contribution is -2.30. The lowest BCUT2D eigenvalue weighted by molar-refractivity contribution is 0.0690. The Kier molecular flexibility index (Phi) is 6.76. The number of hydrogen-bond acceptors (Lipinski definition) is 6. The zero-order valence-corrected chi connectivity index (χ0v) is 20.5. The molecule has 0 bridgehead atoms. The number of carboxylic acid groups (broad SMARTS) is 1. The van der Waals surface area contributed by atoms with E-state index < -0.39 is 22.8 Å². The maximum atomic E-state index is 13.5.